The number of halogens is 1. The van der Waals surface area contributed by atoms with Gasteiger partial charge in [0, 0.05) is 6.54 Å². The van der Waals surface area contributed by atoms with Crippen LogP contribution in [0.15, 0.2) is 54.6 Å². The number of carbonyl (C=O) groups excluding carboxylic acids is 1. The van der Waals surface area contributed by atoms with E-state index < -0.39 is 12.2 Å². The van der Waals surface area contributed by atoms with Crippen molar-refractivity contribution in [1.82, 2.24) is 5.32 Å². The number of alkyl halides is 1. The summed E-state index contributed by atoms with van der Waals surface area (Å²) in [7, 11) is 0. The fraction of sp³-hybridized carbons (Fsp3) is 0.316. The Labute approximate surface area is 152 Å². The van der Waals surface area contributed by atoms with E-state index in [9.17, 15) is 9.90 Å². The highest BCUT2D eigenvalue weighted by molar-refractivity contribution is 6.27. The Kier molecular flexibility index (Phi) is 7.57. The Morgan fingerprint density at radius 1 is 1.12 bits per heavy atom. The molecule has 2 atom stereocenters. The molecule has 0 bridgehead atoms. The first-order chi connectivity index (χ1) is 12.2. The van der Waals surface area contributed by atoms with E-state index in [1.54, 1.807) is 6.07 Å². The van der Waals surface area contributed by atoms with Crippen LogP contribution in [0.2, 0.25) is 0 Å². The van der Waals surface area contributed by atoms with Gasteiger partial charge in [-0.3, -0.25) is 4.79 Å². The lowest BCUT2D eigenvalue weighted by atomic mass is 10.0. The summed E-state index contributed by atoms with van der Waals surface area (Å²) in [6, 6.07) is 16.6. The number of hydrogen-bond acceptors (Lipinski definition) is 4. The van der Waals surface area contributed by atoms with Gasteiger partial charge in [-0.25, -0.2) is 0 Å². The summed E-state index contributed by atoms with van der Waals surface area (Å²) in [6.07, 6.45) is -1.62. The van der Waals surface area contributed by atoms with Crippen LogP contribution >= 0.6 is 11.6 Å². The summed E-state index contributed by atoms with van der Waals surface area (Å²) < 4.78 is 11.6. The molecule has 1 amide bonds. The van der Waals surface area contributed by atoms with Crippen molar-refractivity contribution in [2.75, 3.05) is 19.0 Å². The zero-order chi connectivity index (χ0) is 18.1. The SMILES string of the molecule is CCOc1ccccc1O[C@H](c1ccccc1)[C@H](O)CNC(=O)CCl. The molecule has 2 aromatic rings. The van der Waals surface area contributed by atoms with Crippen molar-refractivity contribution in [3.63, 3.8) is 0 Å². The topological polar surface area (TPSA) is 67.8 Å². The minimum absolute atomic E-state index is 0.0297. The van der Waals surface area contributed by atoms with Crippen molar-refractivity contribution in [3.05, 3.63) is 60.2 Å². The van der Waals surface area contributed by atoms with Crippen LogP contribution in [0.1, 0.15) is 18.6 Å². The largest absolute Gasteiger partial charge is 0.490 e. The summed E-state index contributed by atoms with van der Waals surface area (Å²) in [5.41, 5.74) is 0.793. The van der Waals surface area contributed by atoms with Gasteiger partial charge in [0.15, 0.2) is 17.6 Å². The van der Waals surface area contributed by atoms with Gasteiger partial charge < -0.3 is 19.9 Å². The number of nitrogens with one attached hydrogen (secondary N) is 1. The number of para-hydroxylation sites is 2. The summed E-state index contributed by atoms with van der Waals surface area (Å²) in [5.74, 6) is 0.627. The third-order valence-corrected chi connectivity index (χ3v) is 3.75. The maximum Gasteiger partial charge on any atom is 0.235 e. The van der Waals surface area contributed by atoms with Gasteiger partial charge in [-0.2, -0.15) is 0 Å². The maximum absolute atomic E-state index is 11.4. The van der Waals surface area contributed by atoms with E-state index in [2.05, 4.69) is 5.32 Å². The first-order valence-corrected chi connectivity index (χ1v) is 8.63. The minimum Gasteiger partial charge on any atom is -0.490 e. The Morgan fingerprint density at radius 3 is 2.40 bits per heavy atom. The van der Waals surface area contributed by atoms with Gasteiger partial charge >= 0.3 is 0 Å². The molecule has 0 aromatic heterocycles. The van der Waals surface area contributed by atoms with Crippen molar-refractivity contribution >= 4 is 17.5 Å². The molecule has 0 saturated carbocycles. The fourth-order valence-corrected chi connectivity index (χ4v) is 2.44. The molecule has 0 heterocycles. The van der Waals surface area contributed by atoms with Crippen LogP contribution in [-0.2, 0) is 4.79 Å². The van der Waals surface area contributed by atoms with E-state index in [0.29, 0.717) is 18.1 Å². The lowest BCUT2D eigenvalue weighted by Crippen LogP contribution is -2.37. The normalized spacial score (nSPS) is 12.9. The standard InChI is InChI=1S/C19H22ClNO4/c1-2-24-16-10-6-7-11-17(16)25-19(14-8-4-3-5-9-14)15(22)13-21-18(23)12-20/h3-11,15,19,22H,2,12-13H2,1H3,(H,21,23)/t15-,19-/m1/s1. The highest BCUT2D eigenvalue weighted by Crippen LogP contribution is 2.32. The predicted molar refractivity (Wildman–Crippen MR) is 97.2 cm³/mol. The Bertz CT molecular complexity index is 665. The molecular weight excluding hydrogens is 342 g/mol. The molecule has 0 aliphatic rings. The summed E-state index contributed by atoms with van der Waals surface area (Å²) in [5, 5.41) is 13.1. The van der Waals surface area contributed by atoms with Crippen molar-refractivity contribution < 1.29 is 19.4 Å². The highest BCUT2D eigenvalue weighted by Gasteiger charge is 2.24. The minimum atomic E-state index is -0.954. The first kappa shape index (κ1) is 19.1. The quantitative estimate of drug-likeness (QED) is 0.672. The van der Waals surface area contributed by atoms with E-state index in [1.165, 1.54) is 0 Å². The number of benzene rings is 2. The van der Waals surface area contributed by atoms with Crippen LogP contribution in [0.3, 0.4) is 0 Å². The predicted octanol–water partition coefficient (Wildman–Crippen LogP) is 2.92. The zero-order valence-corrected chi connectivity index (χ0v) is 14.8. The number of aliphatic hydroxyl groups excluding tert-OH is 1. The molecule has 25 heavy (non-hydrogen) atoms. The molecule has 0 aliphatic carbocycles. The number of rotatable bonds is 9. The van der Waals surface area contributed by atoms with Crippen LogP contribution in [0, 0.1) is 0 Å². The third-order valence-electron chi connectivity index (χ3n) is 3.51. The van der Waals surface area contributed by atoms with Gasteiger partial charge in [-0.15, -0.1) is 11.6 Å². The average molecular weight is 364 g/mol. The molecule has 0 saturated heterocycles. The molecule has 2 N–H and O–H groups in total. The van der Waals surface area contributed by atoms with Crippen LogP contribution in [0.25, 0.3) is 0 Å². The molecule has 0 aliphatic heterocycles. The van der Waals surface area contributed by atoms with Gasteiger partial charge in [-0.1, -0.05) is 42.5 Å². The highest BCUT2D eigenvalue weighted by atomic mass is 35.5. The van der Waals surface area contributed by atoms with Crippen molar-refractivity contribution in [2.45, 2.75) is 19.1 Å². The van der Waals surface area contributed by atoms with Gasteiger partial charge in [0.25, 0.3) is 0 Å². The van der Waals surface area contributed by atoms with Gasteiger partial charge in [0.05, 0.1) is 6.61 Å². The average Bonchev–Trinajstić information content (AvgIpc) is 2.66. The number of aliphatic hydroxyl groups is 1. The third kappa shape index (κ3) is 5.66. The van der Waals surface area contributed by atoms with Gasteiger partial charge in [-0.05, 0) is 24.6 Å². The molecule has 2 aromatic carbocycles. The Morgan fingerprint density at radius 2 is 1.76 bits per heavy atom. The molecule has 0 radical (unpaired) electrons. The van der Waals surface area contributed by atoms with E-state index >= 15 is 0 Å². The lowest BCUT2D eigenvalue weighted by molar-refractivity contribution is -0.119. The summed E-state index contributed by atoms with van der Waals surface area (Å²) >= 11 is 5.48. The van der Waals surface area contributed by atoms with E-state index in [0.717, 1.165) is 5.56 Å². The molecule has 0 fully saturated rings. The summed E-state index contributed by atoms with van der Waals surface area (Å²) in [6.45, 7) is 2.43. The lowest BCUT2D eigenvalue weighted by Gasteiger charge is -2.26. The maximum atomic E-state index is 11.4. The molecule has 0 spiro atoms. The molecule has 134 valence electrons. The van der Waals surface area contributed by atoms with Crippen molar-refractivity contribution in [3.8, 4) is 11.5 Å². The second kappa shape index (κ2) is 9.91. The van der Waals surface area contributed by atoms with E-state index in [-0.39, 0.29) is 18.3 Å². The van der Waals surface area contributed by atoms with Crippen molar-refractivity contribution in [1.29, 1.82) is 0 Å². The van der Waals surface area contributed by atoms with E-state index in [4.69, 9.17) is 21.1 Å². The number of ether oxygens (including phenoxy) is 2. The second-order valence-corrected chi connectivity index (χ2v) is 5.60. The van der Waals surface area contributed by atoms with E-state index in [1.807, 2.05) is 55.5 Å². The molecule has 6 heteroatoms. The Balaban J connectivity index is 2.22. The number of carbonyl (C=O) groups is 1. The molecule has 2 rings (SSSR count). The number of hydrogen-bond donors (Lipinski definition) is 2. The number of amides is 1. The first-order valence-electron chi connectivity index (χ1n) is 8.09. The fourth-order valence-electron chi connectivity index (χ4n) is 2.34. The van der Waals surface area contributed by atoms with Crippen LogP contribution in [0.4, 0.5) is 0 Å². The smallest absolute Gasteiger partial charge is 0.235 e. The zero-order valence-electron chi connectivity index (χ0n) is 14.0. The molecular formula is C19H22ClNO4. The van der Waals surface area contributed by atoms with Gasteiger partial charge in [0.2, 0.25) is 5.91 Å². The monoisotopic (exact) mass is 363 g/mol. The summed E-state index contributed by atoms with van der Waals surface area (Å²) in [4.78, 5) is 11.4. The van der Waals surface area contributed by atoms with Crippen molar-refractivity contribution in [2.24, 2.45) is 0 Å². The van der Waals surface area contributed by atoms with Crippen LogP contribution < -0.4 is 14.8 Å². The Hall–Kier alpha value is -2.24. The molecule has 0 unspecified atom stereocenters. The second-order valence-electron chi connectivity index (χ2n) is 5.33. The van der Waals surface area contributed by atoms with Gasteiger partial charge in [0.1, 0.15) is 12.0 Å². The van der Waals surface area contributed by atoms with Crippen LogP contribution in [0.5, 0.6) is 11.5 Å². The van der Waals surface area contributed by atoms with Crippen LogP contribution in [-0.4, -0.2) is 36.1 Å². The molecule has 5 nitrogen and oxygen atoms in total.